The number of nitrogens with zero attached hydrogens (tertiary/aromatic N) is 3. The van der Waals surface area contributed by atoms with Crippen molar-refractivity contribution in [3.63, 3.8) is 0 Å². The maximum atomic E-state index is 11.9. The topological polar surface area (TPSA) is 93.6 Å². The number of ether oxygens (including phenoxy) is 1. The number of hydrogen-bond acceptors (Lipinski definition) is 5. The number of alkyl halides is 3. The average Bonchev–Trinajstić information content (AvgIpc) is 2.33. The highest BCUT2D eigenvalue weighted by Crippen LogP contribution is 2.21. The standard InChI is InChI=1S/C9H11F3N4O2/c10-9(11,12)2-1-5-18-8-6(7(13)16-17)14-3-4-15-8/h3-4,17H,1-2,5H2,(H2,13,16). The summed E-state index contributed by atoms with van der Waals surface area (Å²) in [4.78, 5) is 7.50. The first-order chi connectivity index (χ1) is 8.44. The van der Waals surface area contributed by atoms with Gasteiger partial charge in [0.25, 0.3) is 0 Å². The summed E-state index contributed by atoms with van der Waals surface area (Å²) in [7, 11) is 0. The molecule has 0 saturated heterocycles. The van der Waals surface area contributed by atoms with Gasteiger partial charge in [0, 0.05) is 18.8 Å². The van der Waals surface area contributed by atoms with Crippen molar-refractivity contribution in [2.24, 2.45) is 10.9 Å². The fourth-order valence-corrected chi connectivity index (χ4v) is 1.10. The second-order valence-electron chi connectivity index (χ2n) is 3.26. The van der Waals surface area contributed by atoms with Gasteiger partial charge in [0.05, 0.1) is 6.61 Å². The third-order valence-electron chi connectivity index (χ3n) is 1.86. The molecule has 18 heavy (non-hydrogen) atoms. The molecule has 0 aliphatic heterocycles. The van der Waals surface area contributed by atoms with E-state index in [1.54, 1.807) is 0 Å². The molecule has 0 aliphatic carbocycles. The lowest BCUT2D eigenvalue weighted by Crippen LogP contribution is -2.18. The first-order valence-electron chi connectivity index (χ1n) is 4.92. The molecule has 0 fully saturated rings. The first kappa shape index (κ1) is 14.0. The Morgan fingerprint density at radius 1 is 1.39 bits per heavy atom. The smallest absolute Gasteiger partial charge is 0.389 e. The number of aromatic nitrogens is 2. The van der Waals surface area contributed by atoms with E-state index >= 15 is 0 Å². The Morgan fingerprint density at radius 3 is 2.67 bits per heavy atom. The molecular weight excluding hydrogens is 253 g/mol. The van der Waals surface area contributed by atoms with Gasteiger partial charge in [0.2, 0.25) is 5.88 Å². The van der Waals surface area contributed by atoms with Crippen molar-refractivity contribution in [3.8, 4) is 5.88 Å². The van der Waals surface area contributed by atoms with Gasteiger partial charge in [-0.15, -0.1) is 0 Å². The summed E-state index contributed by atoms with van der Waals surface area (Å²) in [6.45, 7) is -0.191. The van der Waals surface area contributed by atoms with Crippen LogP contribution >= 0.6 is 0 Å². The lowest BCUT2D eigenvalue weighted by atomic mass is 10.3. The lowest BCUT2D eigenvalue weighted by molar-refractivity contribution is -0.136. The van der Waals surface area contributed by atoms with Gasteiger partial charge in [-0.25, -0.2) is 9.97 Å². The van der Waals surface area contributed by atoms with Crippen LogP contribution in [0.3, 0.4) is 0 Å². The molecule has 0 atom stereocenters. The molecule has 0 amide bonds. The van der Waals surface area contributed by atoms with Crippen molar-refractivity contribution >= 4 is 5.84 Å². The molecule has 0 unspecified atom stereocenters. The Hall–Kier alpha value is -2.06. The van der Waals surface area contributed by atoms with Crippen LogP contribution in [-0.2, 0) is 0 Å². The Labute approximate surface area is 100 Å². The van der Waals surface area contributed by atoms with Gasteiger partial charge in [-0.3, -0.25) is 0 Å². The van der Waals surface area contributed by atoms with Crippen LogP contribution in [0.25, 0.3) is 0 Å². The number of amidine groups is 1. The monoisotopic (exact) mass is 264 g/mol. The highest BCUT2D eigenvalue weighted by Gasteiger charge is 2.26. The summed E-state index contributed by atoms with van der Waals surface area (Å²) in [5.41, 5.74) is 5.28. The van der Waals surface area contributed by atoms with Crippen LogP contribution in [-0.4, -0.2) is 33.8 Å². The van der Waals surface area contributed by atoms with E-state index in [9.17, 15) is 13.2 Å². The maximum absolute atomic E-state index is 11.9. The van der Waals surface area contributed by atoms with E-state index in [4.69, 9.17) is 15.7 Å². The number of oxime groups is 1. The van der Waals surface area contributed by atoms with Crippen molar-refractivity contribution < 1.29 is 23.1 Å². The van der Waals surface area contributed by atoms with Gasteiger partial charge in [-0.05, 0) is 6.42 Å². The summed E-state index contributed by atoms with van der Waals surface area (Å²) in [6, 6.07) is 0. The van der Waals surface area contributed by atoms with E-state index in [2.05, 4.69) is 15.1 Å². The number of rotatable bonds is 5. The largest absolute Gasteiger partial charge is 0.476 e. The van der Waals surface area contributed by atoms with Gasteiger partial charge >= 0.3 is 6.18 Å². The quantitative estimate of drug-likeness (QED) is 0.275. The number of halogens is 3. The van der Waals surface area contributed by atoms with Gasteiger partial charge in [-0.1, -0.05) is 5.16 Å². The summed E-state index contributed by atoms with van der Waals surface area (Å²) in [6.07, 6.45) is -2.81. The van der Waals surface area contributed by atoms with Crippen molar-refractivity contribution in [3.05, 3.63) is 18.1 Å². The van der Waals surface area contributed by atoms with Crippen LogP contribution in [0.15, 0.2) is 17.5 Å². The van der Waals surface area contributed by atoms with E-state index in [0.29, 0.717) is 0 Å². The molecule has 0 aromatic carbocycles. The Kier molecular flexibility index (Phi) is 4.69. The second kappa shape index (κ2) is 6.03. The minimum absolute atomic E-state index is 0.0213. The normalized spacial score (nSPS) is 12.5. The van der Waals surface area contributed by atoms with Crippen molar-refractivity contribution in [2.45, 2.75) is 19.0 Å². The van der Waals surface area contributed by atoms with Crippen molar-refractivity contribution in [1.29, 1.82) is 0 Å². The Morgan fingerprint density at radius 2 is 2.06 bits per heavy atom. The van der Waals surface area contributed by atoms with Crippen LogP contribution in [0.1, 0.15) is 18.5 Å². The molecule has 1 heterocycles. The van der Waals surface area contributed by atoms with Crippen LogP contribution in [0.4, 0.5) is 13.2 Å². The summed E-state index contributed by atoms with van der Waals surface area (Å²) in [5, 5.41) is 11.2. The van der Waals surface area contributed by atoms with E-state index in [1.807, 2.05) is 0 Å². The molecule has 0 aliphatic rings. The Balaban J connectivity index is 2.57. The van der Waals surface area contributed by atoms with Gasteiger partial charge < -0.3 is 15.7 Å². The molecule has 3 N–H and O–H groups in total. The summed E-state index contributed by atoms with van der Waals surface area (Å²) in [5.74, 6) is -0.399. The predicted octanol–water partition coefficient (Wildman–Crippen LogP) is 1.29. The predicted molar refractivity (Wildman–Crippen MR) is 55.3 cm³/mol. The highest BCUT2D eigenvalue weighted by atomic mass is 19.4. The molecule has 1 aromatic heterocycles. The number of nitrogens with two attached hydrogens (primary N) is 1. The van der Waals surface area contributed by atoms with Crippen molar-refractivity contribution in [2.75, 3.05) is 6.61 Å². The highest BCUT2D eigenvalue weighted by molar-refractivity contribution is 5.97. The van der Waals surface area contributed by atoms with E-state index in [0.717, 1.165) is 0 Å². The van der Waals surface area contributed by atoms with E-state index in [1.165, 1.54) is 12.4 Å². The minimum atomic E-state index is -4.22. The fourth-order valence-electron chi connectivity index (χ4n) is 1.10. The molecule has 0 spiro atoms. The minimum Gasteiger partial charge on any atom is -0.476 e. The lowest BCUT2D eigenvalue weighted by Gasteiger charge is -2.09. The summed E-state index contributed by atoms with van der Waals surface area (Å²) >= 11 is 0. The zero-order valence-electron chi connectivity index (χ0n) is 9.18. The second-order valence-corrected chi connectivity index (χ2v) is 3.26. The number of hydrogen-bond donors (Lipinski definition) is 2. The third-order valence-corrected chi connectivity index (χ3v) is 1.86. The summed E-state index contributed by atoms with van der Waals surface area (Å²) < 4.78 is 40.7. The van der Waals surface area contributed by atoms with Crippen LogP contribution in [0.2, 0.25) is 0 Å². The molecule has 0 radical (unpaired) electrons. The van der Waals surface area contributed by atoms with Crippen LogP contribution in [0.5, 0.6) is 5.88 Å². The average molecular weight is 264 g/mol. The molecule has 1 rings (SSSR count). The molecule has 9 heteroatoms. The molecule has 100 valence electrons. The molecule has 0 bridgehead atoms. The van der Waals surface area contributed by atoms with Gasteiger partial charge in [0.1, 0.15) is 0 Å². The van der Waals surface area contributed by atoms with Crippen LogP contribution < -0.4 is 10.5 Å². The third kappa shape index (κ3) is 4.44. The fraction of sp³-hybridized carbons (Fsp3) is 0.444. The molecule has 1 aromatic rings. The Bertz CT molecular complexity index is 423. The SMILES string of the molecule is NC(=NO)c1nccnc1OCCCC(F)(F)F. The molecular formula is C9H11F3N4O2. The van der Waals surface area contributed by atoms with Gasteiger partial charge in [-0.2, -0.15) is 13.2 Å². The molecule has 0 saturated carbocycles. The maximum Gasteiger partial charge on any atom is 0.389 e. The zero-order valence-corrected chi connectivity index (χ0v) is 9.18. The zero-order chi connectivity index (χ0) is 13.6. The first-order valence-corrected chi connectivity index (χ1v) is 4.92. The van der Waals surface area contributed by atoms with E-state index < -0.39 is 12.6 Å². The van der Waals surface area contributed by atoms with Crippen molar-refractivity contribution in [1.82, 2.24) is 9.97 Å². The van der Waals surface area contributed by atoms with Crippen LogP contribution in [0, 0.1) is 0 Å². The van der Waals surface area contributed by atoms with Gasteiger partial charge in [0.15, 0.2) is 11.5 Å². The molecule has 6 nitrogen and oxygen atoms in total. The van der Waals surface area contributed by atoms with E-state index in [-0.39, 0.29) is 30.4 Å².